The molecule has 0 heterocycles. The van der Waals surface area contributed by atoms with E-state index < -0.39 is 0 Å². The Balaban J connectivity index is 1.72. The quantitative estimate of drug-likeness (QED) is 0.314. The van der Waals surface area contributed by atoms with E-state index in [4.69, 9.17) is 16.2 Å². The van der Waals surface area contributed by atoms with Gasteiger partial charge in [0, 0.05) is 18.7 Å². The van der Waals surface area contributed by atoms with Crippen LogP contribution in [-0.2, 0) is 6.54 Å². The van der Waals surface area contributed by atoms with Gasteiger partial charge in [-0.2, -0.15) is 0 Å². The smallest absolute Gasteiger partial charge is 0.123 e. The van der Waals surface area contributed by atoms with E-state index in [1.54, 1.807) is 0 Å². The van der Waals surface area contributed by atoms with Gasteiger partial charge in [0.1, 0.15) is 5.75 Å². The van der Waals surface area contributed by atoms with Crippen molar-refractivity contribution in [1.82, 2.24) is 10.6 Å². The first-order valence-electron chi connectivity index (χ1n) is 11.0. The zero-order chi connectivity index (χ0) is 21.9. The van der Waals surface area contributed by atoms with Crippen molar-refractivity contribution in [3.05, 3.63) is 78.6 Å². The number of hydrogen-bond donors (Lipinski definition) is 4. The summed E-state index contributed by atoms with van der Waals surface area (Å²) in [5, 5.41) is 9.11. The molecule has 0 unspecified atom stereocenters. The van der Waals surface area contributed by atoms with Gasteiger partial charge in [0.2, 0.25) is 0 Å². The second kappa shape index (κ2) is 12.0. The van der Waals surface area contributed by atoms with Crippen LogP contribution in [0.2, 0.25) is 0 Å². The molecule has 0 aromatic heterocycles. The molecule has 0 spiro atoms. The van der Waals surface area contributed by atoms with Crippen LogP contribution in [0.5, 0.6) is 5.75 Å². The highest BCUT2D eigenvalue weighted by Gasteiger charge is 2.09. The molecule has 3 aromatic rings. The molecule has 0 aliphatic rings. The van der Waals surface area contributed by atoms with Crippen LogP contribution in [0.25, 0.3) is 21.9 Å². The molecule has 3 rings (SSSR count). The van der Waals surface area contributed by atoms with Crippen molar-refractivity contribution in [2.75, 3.05) is 26.2 Å². The van der Waals surface area contributed by atoms with Gasteiger partial charge >= 0.3 is 0 Å². The number of rotatable bonds is 13. The third-order valence-electron chi connectivity index (χ3n) is 5.21. The van der Waals surface area contributed by atoms with Crippen molar-refractivity contribution < 1.29 is 4.74 Å². The minimum absolute atomic E-state index is 0.525. The van der Waals surface area contributed by atoms with Crippen molar-refractivity contribution in [3.8, 4) is 16.9 Å². The Morgan fingerprint density at radius 1 is 0.935 bits per heavy atom. The Bertz CT molecular complexity index is 981. The molecule has 0 fully saturated rings. The standard InChI is InChI=1S/C26H34N4O/c1-20(28)30-16-5-4-15-29-19-23-18-22(12-13-26(23)31-17-7-14-27)25-11-6-9-21-8-2-3-10-24(21)25/h2-3,6,8-13,18,29-30H,1,4-5,7,14-17,19,27-28H2. The van der Waals surface area contributed by atoms with Gasteiger partial charge in [0.05, 0.1) is 12.4 Å². The van der Waals surface area contributed by atoms with Crippen LogP contribution in [0.4, 0.5) is 0 Å². The minimum Gasteiger partial charge on any atom is -0.493 e. The van der Waals surface area contributed by atoms with Gasteiger partial charge in [0.15, 0.2) is 0 Å². The van der Waals surface area contributed by atoms with E-state index in [1.165, 1.54) is 21.9 Å². The molecule has 6 N–H and O–H groups in total. The Morgan fingerprint density at radius 3 is 2.58 bits per heavy atom. The Labute approximate surface area is 185 Å². The van der Waals surface area contributed by atoms with E-state index >= 15 is 0 Å². The average molecular weight is 419 g/mol. The van der Waals surface area contributed by atoms with Crippen LogP contribution in [0.1, 0.15) is 24.8 Å². The van der Waals surface area contributed by atoms with Gasteiger partial charge in [-0.25, -0.2) is 0 Å². The monoisotopic (exact) mass is 418 g/mol. The summed E-state index contributed by atoms with van der Waals surface area (Å²) in [7, 11) is 0. The molecule has 0 aliphatic carbocycles. The van der Waals surface area contributed by atoms with E-state index in [2.05, 4.69) is 77.9 Å². The topological polar surface area (TPSA) is 85.3 Å². The van der Waals surface area contributed by atoms with Crippen molar-refractivity contribution in [2.24, 2.45) is 11.5 Å². The fourth-order valence-electron chi connectivity index (χ4n) is 3.62. The summed E-state index contributed by atoms with van der Waals surface area (Å²) >= 11 is 0. The summed E-state index contributed by atoms with van der Waals surface area (Å²) in [6, 6.07) is 21.4. The molecular weight excluding hydrogens is 384 g/mol. The van der Waals surface area contributed by atoms with Crippen LogP contribution in [0, 0.1) is 0 Å². The highest BCUT2D eigenvalue weighted by atomic mass is 16.5. The lowest BCUT2D eigenvalue weighted by Gasteiger charge is -2.15. The summed E-state index contributed by atoms with van der Waals surface area (Å²) in [4.78, 5) is 0. The van der Waals surface area contributed by atoms with Crippen LogP contribution < -0.4 is 26.8 Å². The second-order valence-electron chi connectivity index (χ2n) is 7.68. The molecule has 5 heteroatoms. The predicted molar refractivity (Wildman–Crippen MR) is 131 cm³/mol. The van der Waals surface area contributed by atoms with Crippen molar-refractivity contribution in [1.29, 1.82) is 0 Å². The summed E-state index contributed by atoms with van der Waals surface area (Å²) in [5.74, 6) is 1.45. The number of fused-ring (bicyclic) bond motifs is 1. The molecule has 0 saturated heterocycles. The minimum atomic E-state index is 0.525. The average Bonchev–Trinajstić information content (AvgIpc) is 2.78. The van der Waals surface area contributed by atoms with Crippen LogP contribution in [-0.4, -0.2) is 26.2 Å². The molecule has 0 saturated carbocycles. The molecule has 5 nitrogen and oxygen atoms in total. The molecular formula is C26H34N4O. The van der Waals surface area contributed by atoms with Crippen LogP contribution in [0.3, 0.4) is 0 Å². The summed E-state index contributed by atoms with van der Waals surface area (Å²) in [6.45, 7) is 7.45. The maximum Gasteiger partial charge on any atom is 0.123 e. The lowest BCUT2D eigenvalue weighted by molar-refractivity contribution is 0.309. The zero-order valence-electron chi connectivity index (χ0n) is 18.2. The van der Waals surface area contributed by atoms with Gasteiger partial charge in [-0.1, -0.05) is 55.1 Å². The van der Waals surface area contributed by atoms with Gasteiger partial charge in [-0.15, -0.1) is 0 Å². The normalized spacial score (nSPS) is 10.9. The maximum absolute atomic E-state index is 6.02. The highest BCUT2D eigenvalue weighted by Crippen LogP contribution is 2.32. The SMILES string of the molecule is C=C(N)NCCCCNCc1cc(-c2cccc3ccccc23)ccc1OCCCN. The van der Waals surface area contributed by atoms with Crippen molar-refractivity contribution >= 4 is 10.8 Å². The summed E-state index contributed by atoms with van der Waals surface area (Å²) < 4.78 is 6.02. The number of ether oxygens (including phenoxy) is 1. The third kappa shape index (κ3) is 6.74. The van der Waals surface area contributed by atoms with Gasteiger partial charge in [-0.3, -0.25) is 0 Å². The Hall–Kier alpha value is -3.02. The first kappa shape index (κ1) is 22.7. The Kier molecular flexibility index (Phi) is 8.76. The van der Waals surface area contributed by atoms with E-state index in [0.717, 1.165) is 50.2 Å². The molecule has 31 heavy (non-hydrogen) atoms. The fraction of sp³-hybridized carbons (Fsp3) is 0.308. The van der Waals surface area contributed by atoms with Crippen molar-refractivity contribution in [2.45, 2.75) is 25.8 Å². The van der Waals surface area contributed by atoms with E-state index in [-0.39, 0.29) is 0 Å². The van der Waals surface area contributed by atoms with Gasteiger partial charge in [0.25, 0.3) is 0 Å². The number of hydrogen-bond acceptors (Lipinski definition) is 5. The molecule has 0 bridgehead atoms. The molecule has 0 amide bonds. The van der Waals surface area contributed by atoms with Gasteiger partial charge < -0.3 is 26.8 Å². The lowest BCUT2D eigenvalue weighted by atomic mass is 9.96. The summed E-state index contributed by atoms with van der Waals surface area (Å²) in [5.41, 5.74) is 14.8. The molecule has 3 aromatic carbocycles. The zero-order valence-corrected chi connectivity index (χ0v) is 18.2. The second-order valence-corrected chi connectivity index (χ2v) is 7.68. The van der Waals surface area contributed by atoms with E-state index in [1.807, 2.05) is 0 Å². The van der Waals surface area contributed by atoms with Gasteiger partial charge in [-0.05, 0) is 66.4 Å². The third-order valence-corrected chi connectivity index (χ3v) is 5.21. The van der Waals surface area contributed by atoms with Crippen LogP contribution in [0.15, 0.2) is 73.1 Å². The molecule has 0 radical (unpaired) electrons. The largest absolute Gasteiger partial charge is 0.493 e. The lowest BCUT2D eigenvalue weighted by Crippen LogP contribution is -2.21. The summed E-state index contributed by atoms with van der Waals surface area (Å²) in [6.07, 6.45) is 2.95. The highest BCUT2D eigenvalue weighted by molar-refractivity contribution is 5.96. The molecule has 0 aliphatic heterocycles. The number of nitrogens with two attached hydrogens (primary N) is 2. The number of unbranched alkanes of at least 4 members (excludes halogenated alkanes) is 1. The van der Waals surface area contributed by atoms with Crippen molar-refractivity contribution in [3.63, 3.8) is 0 Å². The first-order chi connectivity index (χ1) is 15.2. The number of nitrogens with one attached hydrogen (secondary N) is 2. The van der Waals surface area contributed by atoms with Crippen LogP contribution >= 0.6 is 0 Å². The fourth-order valence-corrected chi connectivity index (χ4v) is 3.62. The van der Waals surface area contributed by atoms with E-state index in [0.29, 0.717) is 19.0 Å². The van der Waals surface area contributed by atoms with E-state index in [9.17, 15) is 0 Å². The Morgan fingerprint density at radius 2 is 1.74 bits per heavy atom. The maximum atomic E-state index is 6.02. The molecule has 0 atom stereocenters. The first-order valence-corrected chi connectivity index (χ1v) is 11.0. The predicted octanol–water partition coefficient (Wildman–Crippen LogP) is 4.12. The number of benzene rings is 3. The molecule has 164 valence electrons.